The molecule has 2 saturated heterocycles. The summed E-state index contributed by atoms with van der Waals surface area (Å²) in [6.45, 7) is 8.64. The molecule has 2 aliphatic rings. The molecular weight excluding hydrogens is 278 g/mol. The van der Waals surface area contributed by atoms with Gasteiger partial charge in [-0.1, -0.05) is 30.3 Å². The topological polar surface area (TPSA) is 18.5 Å². The van der Waals surface area contributed by atoms with Crippen molar-refractivity contribution in [1.82, 2.24) is 15.1 Å². The van der Waals surface area contributed by atoms with Crippen molar-refractivity contribution in [1.29, 1.82) is 0 Å². The van der Waals surface area contributed by atoms with E-state index in [0.29, 0.717) is 0 Å². The monoisotopic (exact) mass is 305 g/mol. The van der Waals surface area contributed by atoms with Gasteiger partial charge in [0.15, 0.2) is 0 Å². The molecule has 21 heavy (non-hydrogen) atoms. The third-order valence-electron chi connectivity index (χ3n) is 4.58. The lowest BCUT2D eigenvalue weighted by atomic mass is 10.2. The van der Waals surface area contributed by atoms with Crippen LogP contribution in [0.3, 0.4) is 0 Å². The van der Waals surface area contributed by atoms with Gasteiger partial charge in [-0.05, 0) is 18.5 Å². The van der Waals surface area contributed by atoms with Crippen LogP contribution in [0, 0.1) is 0 Å². The second kappa shape index (κ2) is 8.18. The fraction of sp³-hybridized carbons (Fsp3) is 0.647. The van der Waals surface area contributed by atoms with Gasteiger partial charge in [0.25, 0.3) is 0 Å². The maximum atomic E-state index is 3.45. The Bertz CT molecular complexity index is 406. The highest BCUT2D eigenvalue weighted by atomic mass is 32.2. The number of nitrogens with one attached hydrogen (secondary N) is 1. The maximum Gasteiger partial charge on any atom is 0.0236 e. The van der Waals surface area contributed by atoms with E-state index < -0.39 is 0 Å². The van der Waals surface area contributed by atoms with Crippen LogP contribution in [0.25, 0.3) is 0 Å². The first kappa shape index (κ1) is 15.3. The summed E-state index contributed by atoms with van der Waals surface area (Å²) in [4.78, 5) is 5.35. The minimum absolute atomic E-state index is 0.811. The minimum atomic E-state index is 0.811. The molecule has 2 heterocycles. The predicted octanol–water partition coefficient (Wildman–Crippen LogP) is 1.90. The quantitative estimate of drug-likeness (QED) is 0.809. The summed E-state index contributed by atoms with van der Waals surface area (Å²) in [5.41, 5.74) is 1.45. The van der Waals surface area contributed by atoms with Gasteiger partial charge in [-0.3, -0.25) is 4.90 Å². The molecule has 0 aromatic heterocycles. The van der Waals surface area contributed by atoms with Crippen molar-refractivity contribution in [3.8, 4) is 0 Å². The molecule has 2 fully saturated rings. The smallest absolute Gasteiger partial charge is 0.0236 e. The Balaban J connectivity index is 1.31. The number of thioether (sulfide) groups is 1. The van der Waals surface area contributed by atoms with Crippen LogP contribution in [0.4, 0.5) is 0 Å². The molecule has 1 atom stereocenters. The lowest BCUT2D eigenvalue weighted by molar-refractivity contribution is 0.173. The first-order chi connectivity index (χ1) is 10.4. The fourth-order valence-corrected chi connectivity index (χ4v) is 4.28. The van der Waals surface area contributed by atoms with Crippen LogP contribution in [-0.2, 0) is 5.75 Å². The second-order valence-electron chi connectivity index (χ2n) is 6.07. The van der Waals surface area contributed by atoms with Crippen LogP contribution < -0.4 is 5.32 Å². The minimum Gasteiger partial charge on any atom is -0.314 e. The Labute approximate surface area is 133 Å². The van der Waals surface area contributed by atoms with Crippen molar-refractivity contribution in [3.05, 3.63) is 35.9 Å². The number of benzene rings is 1. The van der Waals surface area contributed by atoms with E-state index in [0.717, 1.165) is 11.8 Å². The van der Waals surface area contributed by atoms with Crippen LogP contribution in [0.2, 0.25) is 0 Å². The molecule has 0 aliphatic carbocycles. The Morgan fingerprint density at radius 2 is 1.90 bits per heavy atom. The van der Waals surface area contributed by atoms with Gasteiger partial charge in [0.1, 0.15) is 0 Å². The van der Waals surface area contributed by atoms with Crippen LogP contribution >= 0.6 is 11.8 Å². The van der Waals surface area contributed by atoms with E-state index in [4.69, 9.17) is 0 Å². The first-order valence-electron chi connectivity index (χ1n) is 8.20. The number of likely N-dealkylation sites (tertiary alicyclic amines) is 1. The molecule has 116 valence electrons. The number of piperazine rings is 1. The van der Waals surface area contributed by atoms with Gasteiger partial charge in [-0.25, -0.2) is 0 Å². The molecule has 1 aromatic carbocycles. The maximum absolute atomic E-state index is 3.45. The van der Waals surface area contributed by atoms with E-state index in [-0.39, 0.29) is 0 Å². The van der Waals surface area contributed by atoms with E-state index in [1.807, 2.05) is 0 Å². The molecule has 0 bridgehead atoms. The van der Waals surface area contributed by atoms with Crippen molar-refractivity contribution in [2.45, 2.75) is 18.2 Å². The lowest BCUT2D eigenvalue weighted by Gasteiger charge is -2.32. The third-order valence-corrected chi connectivity index (χ3v) is 5.59. The molecule has 1 aromatic rings. The van der Waals surface area contributed by atoms with Crippen LogP contribution in [0.5, 0.6) is 0 Å². The summed E-state index contributed by atoms with van der Waals surface area (Å²) in [6, 6.07) is 11.6. The molecule has 0 spiro atoms. The number of rotatable bonds is 6. The summed E-state index contributed by atoms with van der Waals surface area (Å²) in [6.07, 6.45) is 1.36. The molecule has 0 radical (unpaired) electrons. The van der Waals surface area contributed by atoms with Gasteiger partial charge >= 0.3 is 0 Å². The Hall–Kier alpha value is -0.550. The highest BCUT2D eigenvalue weighted by Crippen LogP contribution is 2.18. The molecule has 0 saturated carbocycles. The zero-order valence-electron chi connectivity index (χ0n) is 12.8. The van der Waals surface area contributed by atoms with Crippen molar-refractivity contribution in [3.63, 3.8) is 0 Å². The van der Waals surface area contributed by atoms with E-state index in [2.05, 4.69) is 57.2 Å². The summed E-state index contributed by atoms with van der Waals surface area (Å²) in [5.74, 6) is 2.40. The molecule has 0 amide bonds. The summed E-state index contributed by atoms with van der Waals surface area (Å²) in [7, 11) is 0. The van der Waals surface area contributed by atoms with Gasteiger partial charge in [0, 0.05) is 56.8 Å². The largest absolute Gasteiger partial charge is 0.314 e. The summed E-state index contributed by atoms with van der Waals surface area (Å²) >= 11 is 2.06. The summed E-state index contributed by atoms with van der Waals surface area (Å²) < 4.78 is 0. The average Bonchev–Trinajstić information content (AvgIpc) is 3.02. The van der Waals surface area contributed by atoms with Crippen molar-refractivity contribution >= 4 is 11.8 Å². The van der Waals surface area contributed by atoms with Crippen molar-refractivity contribution in [2.24, 2.45) is 0 Å². The molecule has 4 heteroatoms. The van der Waals surface area contributed by atoms with Gasteiger partial charge in [-0.2, -0.15) is 11.8 Å². The number of hydrogen-bond acceptors (Lipinski definition) is 4. The molecule has 1 N–H and O–H groups in total. The Morgan fingerprint density at radius 3 is 2.71 bits per heavy atom. The molecule has 3 rings (SSSR count). The lowest BCUT2D eigenvalue weighted by Crippen LogP contribution is -2.49. The highest BCUT2D eigenvalue weighted by Gasteiger charge is 2.27. The molecular formula is C17H27N3S. The Morgan fingerprint density at radius 1 is 1.10 bits per heavy atom. The molecule has 1 unspecified atom stereocenters. The fourth-order valence-electron chi connectivity index (χ4n) is 3.32. The van der Waals surface area contributed by atoms with E-state index in [1.54, 1.807) is 0 Å². The van der Waals surface area contributed by atoms with E-state index >= 15 is 0 Å². The highest BCUT2D eigenvalue weighted by molar-refractivity contribution is 7.98. The van der Waals surface area contributed by atoms with E-state index in [9.17, 15) is 0 Å². The molecule has 3 nitrogen and oxygen atoms in total. The molecule has 2 aliphatic heterocycles. The van der Waals surface area contributed by atoms with E-state index in [1.165, 1.54) is 63.6 Å². The van der Waals surface area contributed by atoms with Gasteiger partial charge in [0.2, 0.25) is 0 Å². The third kappa shape index (κ3) is 4.71. The zero-order valence-corrected chi connectivity index (χ0v) is 13.7. The summed E-state index contributed by atoms with van der Waals surface area (Å²) in [5, 5.41) is 3.45. The standard InChI is InChI=1S/C17H27N3S/c1-2-4-16(5-3-1)15-21-13-12-19-9-6-17(14-19)20-10-7-18-8-11-20/h1-5,17-18H,6-15H2. The Kier molecular flexibility index (Phi) is 5.98. The van der Waals surface area contributed by atoms with Crippen molar-refractivity contribution in [2.75, 3.05) is 51.6 Å². The number of nitrogens with zero attached hydrogens (tertiary/aromatic N) is 2. The predicted molar refractivity (Wildman–Crippen MR) is 91.9 cm³/mol. The van der Waals surface area contributed by atoms with Gasteiger partial charge in [0.05, 0.1) is 0 Å². The SMILES string of the molecule is c1ccc(CSCCN2CCC(N3CCNCC3)C2)cc1. The van der Waals surface area contributed by atoms with Gasteiger partial charge < -0.3 is 10.2 Å². The zero-order chi connectivity index (χ0) is 14.3. The number of hydrogen-bond donors (Lipinski definition) is 1. The van der Waals surface area contributed by atoms with Crippen LogP contribution in [0.15, 0.2) is 30.3 Å². The normalized spacial score (nSPS) is 24.5. The van der Waals surface area contributed by atoms with Crippen LogP contribution in [0.1, 0.15) is 12.0 Å². The average molecular weight is 305 g/mol. The van der Waals surface area contributed by atoms with Crippen molar-refractivity contribution < 1.29 is 0 Å². The first-order valence-corrected chi connectivity index (χ1v) is 9.36. The van der Waals surface area contributed by atoms with Crippen LogP contribution in [-0.4, -0.2) is 67.4 Å². The second-order valence-corrected chi connectivity index (χ2v) is 7.17. The van der Waals surface area contributed by atoms with Gasteiger partial charge in [-0.15, -0.1) is 0 Å².